The summed E-state index contributed by atoms with van der Waals surface area (Å²) < 4.78 is 5.25. The van der Waals surface area contributed by atoms with Crippen LogP contribution in [0.15, 0.2) is 36.4 Å². The molecule has 4 nitrogen and oxygen atoms in total. The number of methoxy groups -OCH3 is 1. The molecule has 1 aliphatic carbocycles. The minimum atomic E-state index is -0.101. The highest BCUT2D eigenvalue weighted by atomic mass is 16.5. The van der Waals surface area contributed by atoms with Crippen molar-refractivity contribution in [3.05, 3.63) is 42.0 Å². The molecule has 5 rings (SSSR count). The molecule has 1 spiro atoms. The summed E-state index contributed by atoms with van der Waals surface area (Å²) in [7, 11) is 1.53. The fourth-order valence-electron chi connectivity index (χ4n) is 6.59. The van der Waals surface area contributed by atoms with Crippen molar-refractivity contribution in [2.45, 2.75) is 43.7 Å². The number of hydrogen-bond acceptors (Lipinski definition) is 4. The number of anilines is 1. The van der Waals surface area contributed by atoms with E-state index in [0.717, 1.165) is 32.4 Å². The van der Waals surface area contributed by atoms with Crippen molar-refractivity contribution < 1.29 is 9.53 Å². The monoisotopic (exact) mass is 338 g/mol. The number of ether oxygens (including phenoxy) is 1. The molecule has 3 heterocycles. The number of carbonyl (C=O) groups excluding carboxylic acids is 1. The molecule has 1 aromatic rings. The van der Waals surface area contributed by atoms with Gasteiger partial charge in [0.2, 0.25) is 0 Å². The molecular formula is C21H26N2O2. The first-order valence-corrected chi connectivity index (χ1v) is 9.52. The van der Waals surface area contributed by atoms with Crippen LogP contribution < -0.4 is 5.32 Å². The van der Waals surface area contributed by atoms with Gasteiger partial charge < -0.3 is 10.1 Å². The zero-order valence-electron chi connectivity index (χ0n) is 15.0. The Kier molecular flexibility index (Phi) is 3.15. The van der Waals surface area contributed by atoms with Crippen LogP contribution >= 0.6 is 0 Å². The first kappa shape index (κ1) is 15.4. The van der Waals surface area contributed by atoms with Crippen molar-refractivity contribution in [1.82, 2.24) is 4.90 Å². The summed E-state index contributed by atoms with van der Waals surface area (Å²) in [5.41, 5.74) is 2.69. The van der Waals surface area contributed by atoms with Crippen LogP contribution in [-0.2, 0) is 14.9 Å². The zero-order chi connectivity index (χ0) is 17.2. The van der Waals surface area contributed by atoms with E-state index in [-0.39, 0.29) is 28.8 Å². The number of esters is 1. The molecule has 132 valence electrons. The van der Waals surface area contributed by atoms with Gasteiger partial charge in [-0.25, -0.2) is 0 Å². The molecule has 1 saturated carbocycles. The second-order valence-electron chi connectivity index (χ2n) is 8.18. The summed E-state index contributed by atoms with van der Waals surface area (Å²) in [5, 5.41) is 3.74. The summed E-state index contributed by atoms with van der Waals surface area (Å²) in [6.07, 6.45) is 7.80. The summed E-state index contributed by atoms with van der Waals surface area (Å²) in [6.45, 7) is 4.42. The standard InChI is InChI=1S/C21H26N2O2/c1-3-20-9-6-11-23-12-10-21(19(20)23)15-7-4-5-8-16(15)22-17(21)14(13-20)18(24)25-2/h4-9,14,17,19,22H,3,10-13H2,1-2H3/t14-,17-,19-,20-,21-/m0/s1. The van der Waals surface area contributed by atoms with Crippen LogP contribution in [0, 0.1) is 11.3 Å². The highest BCUT2D eigenvalue weighted by Gasteiger charge is 2.69. The van der Waals surface area contributed by atoms with Gasteiger partial charge in [0, 0.05) is 29.1 Å². The molecule has 1 aromatic carbocycles. The fourth-order valence-corrected chi connectivity index (χ4v) is 6.59. The minimum absolute atomic E-state index is 0.00840. The van der Waals surface area contributed by atoms with E-state index in [9.17, 15) is 4.79 Å². The van der Waals surface area contributed by atoms with Crippen molar-refractivity contribution in [3.63, 3.8) is 0 Å². The van der Waals surface area contributed by atoms with E-state index in [1.165, 1.54) is 18.4 Å². The van der Waals surface area contributed by atoms with Crippen LogP contribution in [0.3, 0.4) is 0 Å². The van der Waals surface area contributed by atoms with E-state index in [0.29, 0.717) is 6.04 Å². The maximum absolute atomic E-state index is 12.8. The predicted octanol–water partition coefficient (Wildman–Crippen LogP) is 2.95. The lowest BCUT2D eigenvalue weighted by Crippen LogP contribution is -2.66. The fraction of sp³-hybridized carbons (Fsp3) is 0.571. The molecule has 1 saturated heterocycles. The Morgan fingerprint density at radius 2 is 2.24 bits per heavy atom. The van der Waals surface area contributed by atoms with E-state index < -0.39 is 0 Å². The highest BCUT2D eigenvalue weighted by molar-refractivity contribution is 5.78. The quantitative estimate of drug-likeness (QED) is 0.665. The maximum Gasteiger partial charge on any atom is 0.310 e. The van der Waals surface area contributed by atoms with Crippen LogP contribution in [0.2, 0.25) is 0 Å². The summed E-state index contributed by atoms with van der Waals surface area (Å²) in [4.78, 5) is 15.4. The lowest BCUT2D eigenvalue weighted by molar-refractivity contribution is -0.151. The highest BCUT2D eigenvalue weighted by Crippen LogP contribution is 2.64. The van der Waals surface area contributed by atoms with Gasteiger partial charge in [-0.3, -0.25) is 9.69 Å². The Hall–Kier alpha value is -1.81. The molecule has 4 heteroatoms. The third-order valence-corrected chi connectivity index (χ3v) is 7.46. The number of fused-ring (bicyclic) bond motifs is 1. The van der Waals surface area contributed by atoms with Gasteiger partial charge in [-0.2, -0.15) is 0 Å². The van der Waals surface area contributed by atoms with Crippen molar-refractivity contribution in [2.24, 2.45) is 11.3 Å². The molecule has 2 fully saturated rings. The van der Waals surface area contributed by atoms with Crippen LogP contribution in [0.4, 0.5) is 5.69 Å². The van der Waals surface area contributed by atoms with Gasteiger partial charge in [0.05, 0.1) is 19.1 Å². The first-order valence-electron chi connectivity index (χ1n) is 9.52. The summed E-state index contributed by atoms with van der Waals surface area (Å²) >= 11 is 0. The number of benzene rings is 1. The number of para-hydroxylation sites is 1. The smallest absolute Gasteiger partial charge is 0.310 e. The molecule has 5 atom stereocenters. The van der Waals surface area contributed by atoms with Crippen molar-refractivity contribution >= 4 is 11.7 Å². The lowest BCUT2D eigenvalue weighted by atomic mass is 9.51. The van der Waals surface area contributed by atoms with Gasteiger partial charge in [0.25, 0.3) is 0 Å². The Balaban J connectivity index is 1.75. The largest absolute Gasteiger partial charge is 0.469 e. The van der Waals surface area contributed by atoms with Crippen LogP contribution in [0.1, 0.15) is 31.7 Å². The van der Waals surface area contributed by atoms with Gasteiger partial charge in [0.1, 0.15) is 0 Å². The normalized spacial score (nSPS) is 40.8. The van der Waals surface area contributed by atoms with E-state index in [4.69, 9.17) is 4.74 Å². The maximum atomic E-state index is 12.8. The summed E-state index contributed by atoms with van der Waals surface area (Å²) in [6, 6.07) is 9.30. The first-order chi connectivity index (χ1) is 12.2. The number of carbonyl (C=O) groups is 1. The molecule has 1 N–H and O–H groups in total. The van der Waals surface area contributed by atoms with E-state index in [1.54, 1.807) is 0 Å². The van der Waals surface area contributed by atoms with E-state index >= 15 is 0 Å². The Bertz CT molecular complexity index is 760. The third kappa shape index (κ3) is 1.74. The predicted molar refractivity (Wildman–Crippen MR) is 97.5 cm³/mol. The van der Waals surface area contributed by atoms with Gasteiger partial charge in [-0.15, -0.1) is 0 Å². The molecule has 0 amide bonds. The Labute approximate surface area is 149 Å². The molecule has 0 aromatic heterocycles. The second-order valence-corrected chi connectivity index (χ2v) is 8.18. The van der Waals surface area contributed by atoms with Gasteiger partial charge in [0.15, 0.2) is 0 Å². The molecule has 4 aliphatic rings. The SMILES string of the molecule is CC[C@]12C=CCN3CC[C@@]4(c5ccccc5N[C@H]4[C@@H](C(=O)OC)C1)[C@@H]32. The number of nitrogens with zero attached hydrogens (tertiary/aromatic N) is 1. The second kappa shape index (κ2) is 5.10. The Morgan fingerprint density at radius 1 is 1.40 bits per heavy atom. The molecule has 0 unspecified atom stereocenters. The molecule has 0 radical (unpaired) electrons. The van der Waals surface area contributed by atoms with Gasteiger partial charge in [-0.05, 0) is 37.4 Å². The van der Waals surface area contributed by atoms with Gasteiger partial charge >= 0.3 is 5.97 Å². The number of hydrogen-bond donors (Lipinski definition) is 1. The molecular weight excluding hydrogens is 312 g/mol. The average Bonchev–Trinajstić information content (AvgIpc) is 3.21. The van der Waals surface area contributed by atoms with Crippen LogP contribution in [-0.4, -0.2) is 43.2 Å². The molecule has 3 aliphatic heterocycles. The lowest BCUT2D eigenvalue weighted by Gasteiger charge is -2.57. The average molecular weight is 338 g/mol. The van der Waals surface area contributed by atoms with Crippen LogP contribution in [0.5, 0.6) is 0 Å². The van der Waals surface area contributed by atoms with Gasteiger partial charge in [-0.1, -0.05) is 37.3 Å². The Morgan fingerprint density at radius 3 is 3.04 bits per heavy atom. The zero-order valence-corrected chi connectivity index (χ0v) is 15.0. The number of nitrogens with one attached hydrogen (secondary N) is 1. The number of rotatable bonds is 2. The van der Waals surface area contributed by atoms with Crippen molar-refractivity contribution in [3.8, 4) is 0 Å². The molecule has 0 bridgehead atoms. The minimum Gasteiger partial charge on any atom is -0.469 e. The van der Waals surface area contributed by atoms with E-state index in [1.807, 2.05) is 0 Å². The molecule has 25 heavy (non-hydrogen) atoms. The topological polar surface area (TPSA) is 41.6 Å². The third-order valence-electron chi connectivity index (χ3n) is 7.46. The van der Waals surface area contributed by atoms with Crippen molar-refractivity contribution in [2.75, 3.05) is 25.5 Å². The summed E-state index contributed by atoms with van der Waals surface area (Å²) in [5.74, 6) is -0.162. The van der Waals surface area contributed by atoms with Crippen LogP contribution in [0.25, 0.3) is 0 Å². The van der Waals surface area contributed by atoms with Crippen molar-refractivity contribution in [1.29, 1.82) is 0 Å². The van der Waals surface area contributed by atoms with E-state index in [2.05, 4.69) is 53.6 Å².